The number of nitrogens with zero attached hydrogens (tertiary/aromatic N) is 1. The summed E-state index contributed by atoms with van der Waals surface area (Å²) < 4.78 is 13.2. The quantitative estimate of drug-likeness (QED) is 0.849. The van der Waals surface area contributed by atoms with Crippen LogP contribution in [0.3, 0.4) is 0 Å². The predicted molar refractivity (Wildman–Crippen MR) is 85.5 cm³/mol. The molecule has 1 fully saturated rings. The molecule has 4 nitrogen and oxygen atoms in total. The molecule has 1 amide bonds. The summed E-state index contributed by atoms with van der Waals surface area (Å²) in [7, 11) is 0. The zero-order valence-corrected chi connectivity index (χ0v) is 13.9. The van der Waals surface area contributed by atoms with E-state index < -0.39 is 17.3 Å². The van der Waals surface area contributed by atoms with Crippen molar-refractivity contribution < 1.29 is 19.1 Å². The van der Waals surface area contributed by atoms with Crippen LogP contribution in [0.5, 0.6) is 0 Å². The molecule has 0 spiro atoms. The molecule has 0 saturated carbocycles. The number of carbonyl (C=O) groups is 2. The summed E-state index contributed by atoms with van der Waals surface area (Å²) in [5.41, 5.74) is -0.673. The predicted octanol–water partition coefficient (Wildman–Crippen LogP) is 2.80. The lowest BCUT2D eigenvalue weighted by Crippen LogP contribution is -2.48. The number of halogens is 1. The van der Waals surface area contributed by atoms with Gasteiger partial charge in [0.25, 0.3) is 0 Å². The summed E-state index contributed by atoms with van der Waals surface area (Å²) >= 11 is 0. The molecule has 1 saturated heterocycles. The number of amides is 1. The van der Waals surface area contributed by atoms with Crippen LogP contribution in [-0.4, -0.2) is 39.9 Å². The van der Waals surface area contributed by atoms with Crippen molar-refractivity contribution >= 4 is 11.7 Å². The molecule has 1 aliphatic heterocycles. The minimum absolute atomic E-state index is 0.0714. The smallest absolute Gasteiger partial charge is 0.223 e. The van der Waals surface area contributed by atoms with E-state index in [1.165, 1.54) is 18.2 Å². The highest BCUT2D eigenvalue weighted by molar-refractivity contribution is 5.99. The van der Waals surface area contributed by atoms with E-state index in [1.807, 2.05) is 0 Å². The van der Waals surface area contributed by atoms with Gasteiger partial charge in [0.1, 0.15) is 5.82 Å². The number of Topliss-reactive ketones (excluding diaryl/α,β-unsaturated/α-hetero) is 1. The van der Waals surface area contributed by atoms with E-state index in [2.05, 4.69) is 0 Å². The minimum Gasteiger partial charge on any atom is -0.388 e. The van der Waals surface area contributed by atoms with Crippen LogP contribution in [0.2, 0.25) is 0 Å². The lowest BCUT2D eigenvalue weighted by atomic mass is 9.94. The van der Waals surface area contributed by atoms with Crippen molar-refractivity contribution in [1.82, 2.24) is 4.90 Å². The second kappa shape index (κ2) is 6.79. The van der Waals surface area contributed by atoms with E-state index in [9.17, 15) is 19.1 Å². The van der Waals surface area contributed by atoms with Gasteiger partial charge in [-0.2, -0.15) is 0 Å². The van der Waals surface area contributed by atoms with Crippen LogP contribution in [0.25, 0.3) is 0 Å². The Morgan fingerprint density at radius 2 is 2.13 bits per heavy atom. The summed E-state index contributed by atoms with van der Waals surface area (Å²) in [5.74, 6) is -1.35. The lowest BCUT2D eigenvalue weighted by Gasteiger charge is -2.34. The van der Waals surface area contributed by atoms with Crippen LogP contribution in [0.15, 0.2) is 24.3 Å². The number of likely N-dealkylation sites (tertiary alicyclic amines) is 1. The first-order valence-electron chi connectivity index (χ1n) is 8.01. The van der Waals surface area contributed by atoms with Gasteiger partial charge in [0.2, 0.25) is 5.91 Å². The fraction of sp³-hybridized carbons (Fsp3) is 0.556. The van der Waals surface area contributed by atoms with Crippen molar-refractivity contribution in [1.29, 1.82) is 0 Å². The number of hydrogen-bond acceptors (Lipinski definition) is 3. The van der Waals surface area contributed by atoms with Crippen molar-refractivity contribution in [2.24, 2.45) is 5.92 Å². The molecular formula is C18H24FNO3. The molecule has 2 atom stereocenters. The van der Waals surface area contributed by atoms with E-state index >= 15 is 0 Å². The van der Waals surface area contributed by atoms with Crippen LogP contribution < -0.4 is 0 Å². The molecule has 2 unspecified atom stereocenters. The van der Waals surface area contributed by atoms with Gasteiger partial charge in [-0.1, -0.05) is 19.1 Å². The largest absolute Gasteiger partial charge is 0.388 e. The minimum atomic E-state index is -0.956. The van der Waals surface area contributed by atoms with Gasteiger partial charge in [0.05, 0.1) is 11.6 Å². The normalized spacial score (nSPS) is 19.7. The van der Waals surface area contributed by atoms with E-state index in [1.54, 1.807) is 31.7 Å². The Morgan fingerprint density at radius 3 is 2.74 bits per heavy atom. The van der Waals surface area contributed by atoms with Crippen LogP contribution in [0.4, 0.5) is 4.39 Å². The van der Waals surface area contributed by atoms with Crippen molar-refractivity contribution in [3.8, 4) is 0 Å². The molecule has 1 heterocycles. The van der Waals surface area contributed by atoms with Gasteiger partial charge in [-0.15, -0.1) is 0 Å². The maximum Gasteiger partial charge on any atom is 0.223 e. The molecule has 126 valence electrons. The maximum absolute atomic E-state index is 13.2. The summed E-state index contributed by atoms with van der Waals surface area (Å²) in [6, 6.07) is 5.30. The third kappa shape index (κ3) is 4.16. The molecule has 0 aliphatic carbocycles. The Hall–Kier alpha value is -1.75. The van der Waals surface area contributed by atoms with Crippen LogP contribution in [0, 0.1) is 11.7 Å². The SMILES string of the molecule is CC(CC(=O)N1CCCC1C(C)(C)O)C(=O)c1cccc(F)c1. The highest BCUT2D eigenvalue weighted by Crippen LogP contribution is 2.28. The standard InChI is InChI=1S/C18H24FNO3/c1-12(17(22)13-6-4-7-14(19)11-13)10-16(21)20-9-5-8-15(20)18(2,3)23/h4,6-7,11-12,15,23H,5,8-10H2,1-3H3. The Morgan fingerprint density at radius 1 is 1.43 bits per heavy atom. The van der Waals surface area contributed by atoms with Gasteiger partial charge in [-0.3, -0.25) is 9.59 Å². The topological polar surface area (TPSA) is 57.6 Å². The summed E-state index contributed by atoms with van der Waals surface area (Å²) in [6.07, 6.45) is 1.69. The number of rotatable bonds is 5. The van der Waals surface area contributed by atoms with E-state index in [0.717, 1.165) is 12.8 Å². The number of hydrogen-bond donors (Lipinski definition) is 1. The Balaban J connectivity index is 2.03. The molecule has 1 N–H and O–H groups in total. The summed E-state index contributed by atoms with van der Waals surface area (Å²) in [5, 5.41) is 10.2. The van der Waals surface area contributed by atoms with Gasteiger partial charge >= 0.3 is 0 Å². The molecule has 1 aliphatic rings. The number of benzene rings is 1. The van der Waals surface area contributed by atoms with Gasteiger partial charge in [0, 0.05) is 24.4 Å². The second-order valence-corrected chi connectivity index (χ2v) is 6.88. The van der Waals surface area contributed by atoms with Gasteiger partial charge in [-0.05, 0) is 38.8 Å². The zero-order valence-electron chi connectivity index (χ0n) is 13.9. The van der Waals surface area contributed by atoms with E-state index in [-0.39, 0.29) is 29.7 Å². The maximum atomic E-state index is 13.2. The molecule has 2 rings (SSSR count). The fourth-order valence-electron chi connectivity index (χ4n) is 3.20. The first kappa shape index (κ1) is 17.6. The Kier molecular flexibility index (Phi) is 5.19. The molecule has 1 aromatic carbocycles. The first-order chi connectivity index (χ1) is 10.7. The monoisotopic (exact) mass is 321 g/mol. The molecule has 0 radical (unpaired) electrons. The second-order valence-electron chi connectivity index (χ2n) is 6.88. The van der Waals surface area contributed by atoms with Crippen molar-refractivity contribution in [3.05, 3.63) is 35.6 Å². The van der Waals surface area contributed by atoms with Crippen molar-refractivity contribution in [2.75, 3.05) is 6.54 Å². The van der Waals surface area contributed by atoms with Gasteiger partial charge in [-0.25, -0.2) is 4.39 Å². The summed E-state index contributed by atoms with van der Waals surface area (Å²) in [6.45, 7) is 5.68. The van der Waals surface area contributed by atoms with Crippen LogP contribution in [-0.2, 0) is 4.79 Å². The average molecular weight is 321 g/mol. The average Bonchev–Trinajstić information content (AvgIpc) is 2.96. The molecule has 0 bridgehead atoms. The highest BCUT2D eigenvalue weighted by atomic mass is 19.1. The molecular weight excluding hydrogens is 297 g/mol. The Labute approximate surface area is 136 Å². The number of aliphatic hydroxyl groups is 1. The van der Waals surface area contributed by atoms with Crippen LogP contribution in [0.1, 0.15) is 50.4 Å². The van der Waals surface area contributed by atoms with Gasteiger partial charge in [0.15, 0.2) is 5.78 Å². The molecule has 1 aromatic rings. The molecule has 23 heavy (non-hydrogen) atoms. The lowest BCUT2D eigenvalue weighted by molar-refractivity contribution is -0.137. The zero-order chi connectivity index (χ0) is 17.2. The van der Waals surface area contributed by atoms with E-state index in [4.69, 9.17) is 0 Å². The fourth-order valence-corrected chi connectivity index (χ4v) is 3.20. The molecule has 0 aromatic heterocycles. The third-order valence-corrected chi connectivity index (χ3v) is 4.43. The number of carbonyl (C=O) groups excluding carboxylic acids is 2. The van der Waals surface area contributed by atoms with Gasteiger partial charge < -0.3 is 10.0 Å². The van der Waals surface area contributed by atoms with Crippen molar-refractivity contribution in [2.45, 2.75) is 51.7 Å². The Bertz CT molecular complexity index is 594. The number of ketones is 1. The van der Waals surface area contributed by atoms with Crippen LogP contribution >= 0.6 is 0 Å². The highest BCUT2D eigenvalue weighted by Gasteiger charge is 2.38. The first-order valence-corrected chi connectivity index (χ1v) is 8.01. The molecule has 5 heteroatoms. The summed E-state index contributed by atoms with van der Waals surface area (Å²) in [4.78, 5) is 26.5. The van der Waals surface area contributed by atoms with Crippen molar-refractivity contribution in [3.63, 3.8) is 0 Å². The third-order valence-electron chi connectivity index (χ3n) is 4.43. The van der Waals surface area contributed by atoms with E-state index in [0.29, 0.717) is 6.54 Å².